The number of pyridine rings is 1. The molecule has 0 unspecified atom stereocenters. The van der Waals surface area contributed by atoms with E-state index < -0.39 is 10.0 Å². The van der Waals surface area contributed by atoms with Crippen LogP contribution in [0.15, 0.2) is 34.8 Å². The normalized spacial score (nSPS) is 11.7. The molecule has 3 N–H and O–H groups in total. The first-order chi connectivity index (χ1) is 9.04. The van der Waals surface area contributed by atoms with Gasteiger partial charge < -0.3 is 5.73 Å². The monoisotopic (exact) mass is 297 g/mol. The standard InChI is InChI=1S/C12H15N3O2S2/c1-9-2-4-14-7-10(9)8-15-19(16,17)12-3-5-18-11(12)6-13/h2-5,7,15H,6,8,13H2,1H3. The van der Waals surface area contributed by atoms with Gasteiger partial charge in [-0.3, -0.25) is 4.98 Å². The maximum Gasteiger partial charge on any atom is 0.242 e. The quantitative estimate of drug-likeness (QED) is 0.873. The van der Waals surface area contributed by atoms with Crippen LogP contribution >= 0.6 is 11.3 Å². The molecule has 0 saturated carbocycles. The van der Waals surface area contributed by atoms with Crippen LogP contribution < -0.4 is 10.5 Å². The molecular formula is C12H15N3O2S2. The lowest BCUT2D eigenvalue weighted by Gasteiger charge is -2.08. The van der Waals surface area contributed by atoms with Crippen LogP contribution in [0.2, 0.25) is 0 Å². The number of thiophene rings is 1. The van der Waals surface area contributed by atoms with Crippen molar-refractivity contribution in [1.82, 2.24) is 9.71 Å². The van der Waals surface area contributed by atoms with Crippen molar-refractivity contribution in [2.75, 3.05) is 0 Å². The van der Waals surface area contributed by atoms with E-state index in [4.69, 9.17) is 5.73 Å². The van der Waals surface area contributed by atoms with Crippen LogP contribution in [0.4, 0.5) is 0 Å². The van der Waals surface area contributed by atoms with E-state index in [-0.39, 0.29) is 18.0 Å². The first kappa shape index (κ1) is 14.1. The predicted molar refractivity (Wildman–Crippen MR) is 75.2 cm³/mol. The third-order valence-electron chi connectivity index (χ3n) is 2.78. The van der Waals surface area contributed by atoms with E-state index in [1.54, 1.807) is 23.8 Å². The summed E-state index contributed by atoms with van der Waals surface area (Å²) in [6, 6.07) is 3.42. The van der Waals surface area contributed by atoms with Crippen LogP contribution in [0, 0.1) is 6.92 Å². The lowest BCUT2D eigenvalue weighted by molar-refractivity contribution is 0.580. The molecule has 0 aliphatic rings. The number of aromatic nitrogens is 1. The Balaban J connectivity index is 2.17. The molecule has 0 aliphatic heterocycles. The van der Waals surface area contributed by atoms with Crippen molar-refractivity contribution in [3.63, 3.8) is 0 Å². The predicted octanol–water partition coefficient (Wildman–Crippen LogP) is 1.39. The Bertz CT molecular complexity index is 665. The first-order valence-electron chi connectivity index (χ1n) is 5.70. The smallest absolute Gasteiger partial charge is 0.242 e. The third kappa shape index (κ3) is 3.19. The van der Waals surface area contributed by atoms with Gasteiger partial charge in [-0.2, -0.15) is 0 Å². The first-order valence-corrected chi connectivity index (χ1v) is 8.06. The van der Waals surface area contributed by atoms with Gasteiger partial charge in [-0.25, -0.2) is 13.1 Å². The molecule has 19 heavy (non-hydrogen) atoms. The molecular weight excluding hydrogens is 282 g/mol. The number of hydrogen-bond acceptors (Lipinski definition) is 5. The van der Waals surface area contributed by atoms with Gasteiger partial charge in [0.05, 0.1) is 4.90 Å². The average molecular weight is 297 g/mol. The fourth-order valence-electron chi connectivity index (χ4n) is 1.65. The Morgan fingerprint density at radius 2 is 2.21 bits per heavy atom. The molecule has 0 amide bonds. The third-order valence-corrected chi connectivity index (χ3v) is 5.34. The number of rotatable bonds is 5. The van der Waals surface area contributed by atoms with Gasteiger partial charge in [-0.15, -0.1) is 11.3 Å². The summed E-state index contributed by atoms with van der Waals surface area (Å²) in [7, 11) is -3.52. The second kappa shape index (κ2) is 5.79. The SMILES string of the molecule is Cc1ccncc1CNS(=O)(=O)c1ccsc1CN. The second-order valence-electron chi connectivity index (χ2n) is 4.04. The van der Waals surface area contributed by atoms with Gasteiger partial charge in [0.2, 0.25) is 10.0 Å². The fourth-order valence-corrected chi connectivity index (χ4v) is 3.99. The van der Waals surface area contributed by atoms with Gasteiger partial charge in [0.25, 0.3) is 0 Å². The molecule has 2 heterocycles. The molecule has 5 nitrogen and oxygen atoms in total. The van der Waals surface area contributed by atoms with E-state index in [2.05, 4.69) is 9.71 Å². The fraction of sp³-hybridized carbons (Fsp3) is 0.250. The molecule has 0 bridgehead atoms. The Morgan fingerprint density at radius 3 is 2.89 bits per heavy atom. The highest BCUT2D eigenvalue weighted by molar-refractivity contribution is 7.89. The summed E-state index contributed by atoms with van der Waals surface area (Å²) >= 11 is 1.34. The van der Waals surface area contributed by atoms with Crippen molar-refractivity contribution in [3.05, 3.63) is 45.9 Å². The number of nitrogens with one attached hydrogen (secondary N) is 1. The zero-order valence-electron chi connectivity index (χ0n) is 10.5. The Kier molecular flexibility index (Phi) is 4.31. The molecule has 102 valence electrons. The van der Waals surface area contributed by atoms with Crippen molar-refractivity contribution in [2.24, 2.45) is 5.73 Å². The summed E-state index contributed by atoms with van der Waals surface area (Å²) in [4.78, 5) is 4.92. The van der Waals surface area contributed by atoms with Crippen LogP contribution in [0.25, 0.3) is 0 Å². The maximum absolute atomic E-state index is 12.2. The van der Waals surface area contributed by atoms with Crippen molar-refractivity contribution in [3.8, 4) is 0 Å². The molecule has 0 spiro atoms. The van der Waals surface area contributed by atoms with Crippen LogP contribution in [-0.2, 0) is 23.1 Å². The highest BCUT2D eigenvalue weighted by Crippen LogP contribution is 2.21. The summed E-state index contributed by atoms with van der Waals surface area (Å²) < 4.78 is 26.9. The van der Waals surface area contributed by atoms with Gasteiger partial charge in [0.1, 0.15) is 0 Å². The van der Waals surface area contributed by atoms with Gasteiger partial charge in [0.15, 0.2) is 0 Å². The maximum atomic E-state index is 12.2. The van der Waals surface area contributed by atoms with E-state index in [0.29, 0.717) is 4.88 Å². The van der Waals surface area contributed by atoms with Crippen molar-refractivity contribution in [2.45, 2.75) is 24.9 Å². The Hall–Kier alpha value is -1.28. The highest BCUT2D eigenvalue weighted by atomic mass is 32.2. The summed E-state index contributed by atoms with van der Waals surface area (Å²) in [5, 5.41) is 1.73. The van der Waals surface area contributed by atoms with Crippen molar-refractivity contribution >= 4 is 21.4 Å². The Morgan fingerprint density at radius 1 is 1.42 bits per heavy atom. The van der Waals surface area contributed by atoms with Gasteiger partial charge >= 0.3 is 0 Å². The van der Waals surface area contributed by atoms with E-state index in [0.717, 1.165) is 11.1 Å². The lowest BCUT2D eigenvalue weighted by Crippen LogP contribution is -2.24. The van der Waals surface area contributed by atoms with E-state index >= 15 is 0 Å². The summed E-state index contributed by atoms with van der Waals surface area (Å²) in [6.07, 6.45) is 3.34. The van der Waals surface area contributed by atoms with E-state index in [9.17, 15) is 8.42 Å². The zero-order chi connectivity index (χ0) is 13.9. The molecule has 0 aromatic carbocycles. The van der Waals surface area contributed by atoms with Crippen LogP contribution in [0.3, 0.4) is 0 Å². The largest absolute Gasteiger partial charge is 0.326 e. The van der Waals surface area contributed by atoms with E-state index in [1.165, 1.54) is 11.3 Å². The minimum absolute atomic E-state index is 0.222. The minimum Gasteiger partial charge on any atom is -0.326 e. The molecule has 0 radical (unpaired) electrons. The number of aryl methyl sites for hydroxylation is 1. The lowest BCUT2D eigenvalue weighted by atomic mass is 10.2. The van der Waals surface area contributed by atoms with Gasteiger partial charge in [0, 0.05) is 30.4 Å². The molecule has 0 saturated heterocycles. The number of nitrogens with two attached hydrogens (primary N) is 1. The molecule has 2 aromatic heterocycles. The van der Waals surface area contributed by atoms with Crippen LogP contribution in [0.1, 0.15) is 16.0 Å². The van der Waals surface area contributed by atoms with Crippen molar-refractivity contribution in [1.29, 1.82) is 0 Å². The molecule has 0 aliphatic carbocycles. The van der Waals surface area contributed by atoms with E-state index in [1.807, 2.05) is 13.0 Å². The summed E-state index contributed by atoms with van der Waals surface area (Å²) in [5.41, 5.74) is 7.39. The number of sulfonamides is 1. The summed E-state index contributed by atoms with van der Waals surface area (Å²) in [6.45, 7) is 2.36. The molecule has 2 rings (SSSR count). The Labute approximate surface area is 116 Å². The van der Waals surface area contributed by atoms with Gasteiger partial charge in [-0.1, -0.05) is 0 Å². The molecule has 0 atom stereocenters. The number of hydrogen-bond donors (Lipinski definition) is 2. The minimum atomic E-state index is -3.52. The highest BCUT2D eigenvalue weighted by Gasteiger charge is 2.18. The van der Waals surface area contributed by atoms with Crippen LogP contribution in [-0.4, -0.2) is 13.4 Å². The topological polar surface area (TPSA) is 85.1 Å². The molecule has 0 fully saturated rings. The van der Waals surface area contributed by atoms with Crippen LogP contribution in [0.5, 0.6) is 0 Å². The summed E-state index contributed by atoms with van der Waals surface area (Å²) in [5.74, 6) is 0. The second-order valence-corrected chi connectivity index (χ2v) is 6.77. The molecule has 2 aromatic rings. The van der Waals surface area contributed by atoms with Crippen molar-refractivity contribution < 1.29 is 8.42 Å². The zero-order valence-corrected chi connectivity index (χ0v) is 12.1. The van der Waals surface area contributed by atoms with Gasteiger partial charge in [-0.05, 0) is 35.6 Å². The number of nitrogens with zero attached hydrogens (tertiary/aromatic N) is 1. The average Bonchev–Trinajstić information content (AvgIpc) is 2.87. The molecule has 7 heteroatoms.